The van der Waals surface area contributed by atoms with Crippen LogP contribution in [0.4, 0.5) is 5.69 Å². The molecule has 0 aliphatic carbocycles. The number of fused-ring (bicyclic) bond motifs is 1. The molecule has 0 saturated carbocycles. The van der Waals surface area contributed by atoms with E-state index in [4.69, 9.17) is 9.84 Å². The van der Waals surface area contributed by atoms with E-state index in [9.17, 15) is 13.7 Å². The van der Waals surface area contributed by atoms with Crippen molar-refractivity contribution in [3.63, 3.8) is 0 Å². The smallest absolute Gasteiger partial charge is 0.250 e. The Morgan fingerprint density at radius 1 is 1.28 bits per heavy atom. The van der Waals surface area contributed by atoms with Gasteiger partial charge in [0.2, 0.25) is 0 Å². The zero-order valence-corrected chi connectivity index (χ0v) is 17.2. The highest BCUT2D eigenvalue weighted by atomic mass is 32.2. The van der Waals surface area contributed by atoms with E-state index in [1.807, 2.05) is 24.3 Å². The number of benzene rings is 2. The third-order valence-electron chi connectivity index (χ3n) is 4.86. The minimum atomic E-state index is -3.93. The summed E-state index contributed by atoms with van der Waals surface area (Å²) in [4.78, 5) is 1.92. The van der Waals surface area contributed by atoms with Crippen molar-refractivity contribution in [2.75, 3.05) is 44.4 Å². The summed E-state index contributed by atoms with van der Waals surface area (Å²) in [6.07, 6.45) is 1.36. The summed E-state index contributed by atoms with van der Waals surface area (Å²) in [6.45, 7) is 4.81. The Balaban J connectivity index is 1.84. The molecule has 1 fully saturated rings. The van der Waals surface area contributed by atoms with E-state index in [1.54, 1.807) is 19.1 Å². The molecule has 0 aromatic heterocycles. The van der Waals surface area contributed by atoms with Gasteiger partial charge in [-0.3, -0.25) is 0 Å². The number of hydrogen-bond donors (Lipinski definition) is 2. The van der Waals surface area contributed by atoms with Crippen LogP contribution in [0.25, 0.3) is 16.8 Å². The van der Waals surface area contributed by atoms with Gasteiger partial charge >= 0.3 is 0 Å². The van der Waals surface area contributed by atoms with Crippen LogP contribution < -0.4 is 9.62 Å². The van der Waals surface area contributed by atoms with Gasteiger partial charge in [-0.25, -0.2) is 13.1 Å². The molecule has 0 bridgehead atoms. The highest BCUT2D eigenvalue weighted by Crippen LogP contribution is 2.25. The molecule has 2 N–H and O–H groups in total. The van der Waals surface area contributed by atoms with E-state index >= 15 is 0 Å². The molecule has 1 saturated heterocycles. The maximum atomic E-state index is 12.4. The number of ether oxygens (including phenoxy) is 1. The SMILES string of the molecule is CC(CO)CNS(=O)(=O)C(C#N)=Cc1ccc2cc(N3CCOCC3)ccc2c1. The van der Waals surface area contributed by atoms with Crippen LogP contribution in [0.15, 0.2) is 41.3 Å². The maximum absolute atomic E-state index is 12.4. The van der Waals surface area contributed by atoms with Gasteiger partial charge in [-0.15, -0.1) is 0 Å². The number of nitrogens with zero attached hydrogens (tertiary/aromatic N) is 2. The summed E-state index contributed by atoms with van der Waals surface area (Å²) >= 11 is 0. The van der Waals surface area contributed by atoms with Crippen LogP contribution in [-0.4, -0.2) is 53.0 Å². The van der Waals surface area contributed by atoms with Gasteiger partial charge in [-0.2, -0.15) is 5.26 Å². The van der Waals surface area contributed by atoms with Crippen molar-refractivity contribution < 1.29 is 18.3 Å². The molecule has 0 radical (unpaired) electrons. The first kappa shape index (κ1) is 21.3. The molecule has 154 valence electrons. The normalized spacial score (nSPS) is 16.6. The molecular formula is C21H25N3O4S. The monoisotopic (exact) mass is 415 g/mol. The fraction of sp³-hybridized carbons (Fsp3) is 0.381. The zero-order chi connectivity index (χ0) is 20.9. The number of allylic oxidation sites excluding steroid dienone is 1. The number of sulfonamides is 1. The molecule has 1 heterocycles. The van der Waals surface area contributed by atoms with E-state index in [2.05, 4.69) is 15.7 Å². The number of morpholine rings is 1. The third kappa shape index (κ3) is 5.34. The lowest BCUT2D eigenvalue weighted by molar-refractivity contribution is 0.122. The molecule has 0 spiro atoms. The van der Waals surface area contributed by atoms with Crippen LogP contribution >= 0.6 is 0 Å². The van der Waals surface area contributed by atoms with E-state index in [0.29, 0.717) is 5.56 Å². The van der Waals surface area contributed by atoms with Crippen LogP contribution in [0.3, 0.4) is 0 Å². The van der Waals surface area contributed by atoms with Crippen molar-refractivity contribution in [3.05, 3.63) is 46.9 Å². The van der Waals surface area contributed by atoms with Gasteiger partial charge < -0.3 is 14.7 Å². The van der Waals surface area contributed by atoms with E-state index in [1.165, 1.54) is 6.08 Å². The molecule has 1 atom stereocenters. The summed E-state index contributed by atoms with van der Waals surface area (Å²) in [7, 11) is -3.93. The summed E-state index contributed by atoms with van der Waals surface area (Å²) < 4.78 is 32.5. The van der Waals surface area contributed by atoms with Crippen LogP contribution in [0.1, 0.15) is 12.5 Å². The number of aliphatic hydroxyl groups excluding tert-OH is 1. The summed E-state index contributed by atoms with van der Waals surface area (Å²) in [5.41, 5.74) is 1.76. The first-order valence-corrected chi connectivity index (χ1v) is 11.0. The van der Waals surface area contributed by atoms with Crippen molar-refractivity contribution in [2.45, 2.75) is 6.92 Å². The van der Waals surface area contributed by atoms with Gasteiger partial charge in [-0.05, 0) is 46.5 Å². The minimum absolute atomic E-state index is 0.0693. The standard InChI is InChI=1S/C21H25N3O4S/c1-16(15-25)14-23-29(26,27)21(13-22)11-17-2-3-19-12-20(5-4-18(19)10-17)24-6-8-28-9-7-24/h2-5,10-12,16,23,25H,6-9,14-15H2,1H3. The Labute approximate surface area is 171 Å². The number of aliphatic hydroxyl groups is 1. The van der Waals surface area contributed by atoms with E-state index in [-0.39, 0.29) is 24.0 Å². The van der Waals surface area contributed by atoms with Gasteiger partial charge in [0.25, 0.3) is 10.0 Å². The third-order valence-corrected chi connectivity index (χ3v) is 6.19. The number of nitrogens with one attached hydrogen (secondary N) is 1. The van der Waals surface area contributed by atoms with Gasteiger partial charge in [0.05, 0.1) is 13.2 Å². The highest BCUT2D eigenvalue weighted by Gasteiger charge is 2.18. The van der Waals surface area contributed by atoms with Crippen molar-refractivity contribution in [2.24, 2.45) is 5.92 Å². The Bertz CT molecular complexity index is 1040. The van der Waals surface area contributed by atoms with Crippen LogP contribution in [0, 0.1) is 17.2 Å². The van der Waals surface area contributed by atoms with Crippen LogP contribution in [0.2, 0.25) is 0 Å². The van der Waals surface area contributed by atoms with Gasteiger partial charge in [-0.1, -0.05) is 25.1 Å². The Hall–Kier alpha value is -2.44. The predicted octanol–water partition coefficient (Wildman–Crippen LogP) is 2.09. The van der Waals surface area contributed by atoms with Gasteiger partial charge in [0, 0.05) is 31.9 Å². The summed E-state index contributed by atoms with van der Waals surface area (Å²) in [5.74, 6) is -0.231. The molecular weight excluding hydrogens is 390 g/mol. The molecule has 2 aromatic rings. The molecule has 29 heavy (non-hydrogen) atoms. The molecule has 7 nitrogen and oxygen atoms in total. The molecule has 8 heteroatoms. The lowest BCUT2D eigenvalue weighted by Crippen LogP contribution is -2.36. The second kappa shape index (κ2) is 9.37. The lowest BCUT2D eigenvalue weighted by Gasteiger charge is -2.29. The maximum Gasteiger partial charge on any atom is 0.250 e. The molecule has 3 rings (SSSR count). The van der Waals surface area contributed by atoms with E-state index in [0.717, 1.165) is 42.8 Å². The fourth-order valence-corrected chi connectivity index (χ4v) is 4.15. The molecule has 0 amide bonds. The minimum Gasteiger partial charge on any atom is -0.396 e. The molecule has 1 aliphatic heterocycles. The van der Waals surface area contributed by atoms with Crippen molar-refractivity contribution in [1.82, 2.24) is 4.72 Å². The second-order valence-corrected chi connectivity index (χ2v) is 8.89. The van der Waals surface area contributed by atoms with E-state index < -0.39 is 10.0 Å². The molecule has 1 unspecified atom stereocenters. The number of anilines is 1. The number of hydrogen-bond acceptors (Lipinski definition) is 6. The number of nitriles is 1. The van der Waals surface area contributed by atoms with Crippen molar-refractivity contribution >= 4 is 32.6 Å². The topological polar surface area (TPSA) is 103 Å². The fourth-order valence-electron chi connectivity index (χ4n) is 3.08. The van der Waals surface area contributed by atoms with Crippen molar-refractivity contribution in [3.8, 4) is 6.07 Å². The van der Waals surface area contributed by atoms with Gasteiger partial charge in [0.15, 0.2) is 4.91 Å². The Morgan fingerprint density at radius 2 is 1.97 bits per heavy atom. The van der Waals surface area contributed by atoms with Crippen LogP contribution in [-0.2, 0) is 14.8 Å². The Morgan fingerprint density at radius 3 is 2.66 bits per heavy atom. The largest absolute Gasteiger partial charge is 0.396 e. The predicted molar refractivity (Wildman–Crippen MR) is 114 cm³/mol. The van der Waals surface area contributed by atoms with Crippen LogP contribution in [0.5, 0.6) is 0 Å². The molecule has 1 aliphatic rings. The average Bonchev–Trinajstić information content (AvgIpc) is 2.75. The molecule has 2 aromatic carbocycles. The first-order valence-electron chi connectivity index (χ1n) is 9.52. The number of rotatable bonds is 7. The summed E-state index contributed by atoms with van der Waals surface area (Å²) in [6, 6.07) is 13.5. The average molecular weight is 416 g/mol. The van der Waals surface area contributed by atoms with Gasteiger partial charge in [0.1, 0.15) is 6.07 Å². The quantitative estimate of drug-likeness (QED) is 0.672. The Kier molecular flexibility index (Phi) is 6.87. The first-order chi connectivity index (χ1) is 13.9. The summed E-state index contributed by atoms with van der Waals surface area (Å²) in [5, 5.41) is 20.4. The lowest BCUT2D eigenvalue weighted by atomic mass is 10.1. The van der Waals surface area contributed by atoms with Crippen molar-refractivity contribution in [1.29, 1.82) is 5.26 Å². The highest BCUT2D eigenvalue weighted by molar-refractivity contribution is 7.93. The zero-order valence-electron chi connectivity index (χ0n) is 16.3. The second-order valence-electron chi connectivity index (χ2n) is 7.15.